The molecular formula is C16H23N3O. The first-order valence-electron chi connectivity index (χ1n) is 7.20. The van der Waals surface area contributed by atoms with Gasteiger partial charge in [-0.15, -0.1) is 0 Å². The highest BCUT2D eigenvalue weighted by molar-refractivity contribution is 5.48. The molecule has 1 atom stereocenters. The summed E-state index contributed by atoms with van der Waals surface area (Å²) in [4.78, 5) is 9.17. The number of aromatic nitrogens is 2. The highest BCUT2D eigenvalue weighted by atomic mass is 16.3. The number of nitrogens with zero attached hydrogens (tertiary/aromatic N) is 2. The van der Waals surface area contributed by atoms with Gasteiger partial charge in [0.05, 0.1) is 6.26 Å². The third kappa shape index (κ3) is 3.45. The molecule has 2 aromatic heterocycles. The first kappa shape index (κ1) is 14.7. The van der Waals surface area contributed by atoms with Crippen molar-refractivity contribution in [3.8, 4) is 11.6 Å². The molecule has 0 aliphatic rings. The van der Waals surface area contributed by atoms with Crippen LogP contribution in [0.2, 0.25) is 0 Å². The van der Waals surface area contributed by atoms with E-state index in [0.717, 1.165) is 36.7 Å². The zero-order valence-electron chi connectivity index (χ0n) is 12.7. The molecule has 4 nitrogen and oxygen atoms in total. The lowest BCUT2D eigenvalue weighted by Gasteiger charge is -2.15. The van der Waals surface area contributed by atoms with Gasteiger partial charge in [-0.2, -0.15) is 0 Å². The molecule has 0 saturated heterocycles. The van der Waals surface area contributed by atoms with E-state index in [1.165, 1.54) is 5.56 Å². The maximum Gasteiger partial charge on any atom is 0.196 e. The monoisotopic (exact) mass is 273 g/mol. The van der Waals surface area contributed by atoms with Gasteiger partial charge in [0.25, 0.3) is 0 Å². The molecule has 1 unspecified atom stereocenters. The summed E-state index contributed by atoms with van der Waals surface area (Å²) in [6.45, 7) is 10.5. The van der Waals surface area contributed by atoms with Gasteiger partial charge in [0.15, 0.2) is 11.6 Å². The maximum absolute atomic E-state index is 5.37. The van der Waals surface area contributed by atoms with Crippen molar-refractivity contribution in [2.24, 2.45) is 5.92 Å². The molecule has 2 rings (SSSR count). The Morgan fingerprint density at radius 3 is 2.50 bits per heavy atom. The van der Waals surface area contributed by atoms with Gasteiger partial charge in [-0.1, -0.05) is 13.8 Å². The molecule has 1 N–H and O–H groups in total. The van der Waals surface area contributed by atoms with Gasteiger partial charge in [-0.3, -0.25) is 0 Å². The standard InChI is InChI=1S/C16H23N3O/c1-5-17-10-11(2)9-14-12(3)18-16(19-13(14)4)15-7-6-8-20-15/h6-8,11,17H,5,9-10H2,1-4H3. The van der Waals surface area contributed by atoms with Crippen molar-refractivity contribution in [1.29, 1.82) is 0 Å². The highest BCUT2D eigenvalue weighted by Gasteiger charge is 2.14. The van der Waals surface area contributed by atoms with E-state index in [0.29, 0.717) is 11.7 Å². The lowest BCUT2D eigenvalue weighted by molar-refractivity contribution is 0.517. The number of aryl methyl sites for hydroxylation is 2. The molecule has 0 spiro atoms. The van der Waals surface area contributed by atoms with Crippen molar-refractivity contribution in [2.45, 2.75) is 34.1 Å². The van der Waals surface area contributed by atoms with Gasteiger partial charge in [0.2, 0.25) is 0 Å². The Balaban J connectivity index is 2.19. The Bertz CT molecular complexity index is 526. The van der Waals surface area contributed by atoms with Crippen molar-refractivity contribution in [2.75, 3.05) is 13.1 Å². The highest BCUT2D eigenvalue weighted by Crippen LogP contribution is 2.21. The van der Waals surface area contributed by atoms with Crippen LogP contribution in [0.15, 0.2) is 22.8 Å². The molecule has 2 aromatic rings. The summed E-state index contributed by atoms with van der Waals surface area (Å²) in [5, 5.41) is 3.39. The lowest BCUT2D eigenvalue weighted by atomic mass is 9.98. The van der Waals surface area contributed by atoms with E-state index in [1.54, 1.807) is 6.26 Å². The fourth-order valence-electron chi connectivity index (χ4n) is 2.36. The molecule has 0 aliphatic carbocycles. The Morgan fingerprint density at radius 1 is 1.25 bits per heavy atom. The maximum atomic E-state index is 5.37. The summed E-state index contributed by atoms with van der Waals surface area (Å²) < 4.78 is 5.37. The van der Waals surface area contributed by atoms with E-state index in [4.69, 9.17) is 4.42 Å². The number of rotatable bonds is 6. The predicted molar refractivity (Wildman–Crippen MR) is 80.6 cm³/mol. The molecule has 0 bridgehead atoms. The van der Waals surface area contributed by atoms with E-state index >= 15 is 0 Å². The second-order valence-electron chi connectivity index (χ2n) is 5.29. The number of furan rings is 1. The number of hydrogen-bond acceptors (Lipinski definition) is 4. The SMILES string of the molecule is CCNCC(C)Cc1c(C)nc(-c2ccco2)nc1C. The lowest BCUT2D eigenvalue weighted by Crippen LogP contribution is -2.22. The van der Waals surface area contributed by atoms with Crippen LogP contribution in [0, 0.1) is 19.8 Å². The van der Waals surface area contributed by atoms with Gasteiger partial charge in [-0.05, 0) is 57.0 Å². The van der Waals surface area contributed by atoms with Gasteiger partial charge < -0.3 is 9.73 Å². The average molecular weight is 273 g/mol. The van der Waals surface area contributed by atoms with Crippen LogP contribution in [0.1, 0.15) is 30.8 Å². The third-order valence-corrected chi connectivity index (χ3v) is 3.46. The Morgan fingerprint density at radius 2 is 1.95 bits per heavy atom. The van der Waals surface area contributed by atoms with Crippen LogP contribution in [-0.4, -0.2) is 23.1 Å². The van der Waals surface area contributed by atoms with Crippen LogP contribution in [-0.2, 0) is 6.42 Å². The molecule has 0 saturated carbocycles. The summed E-state index contributed by atoms with van der Waals surface area (Å²) >= 11 is 0. The van der Waals surface area contributed by atoms with Crippen molar-refractivity contribution >= 4 is 0 Å². The Kier molecular flexibility index (Phi) is 4.90. The molecule has 0 amide bonds. The van der Waals surface area contributed by atoms with Crippen molar-refractivity contribution in [3.05, 3.63) is 35.3 Å². The first-order valence-corrected chi connectivity index (χ1v) is 7.20. The normalized spacial score (nSPS) is 12.6. The van der Waals surface area contributed by atoms with Gasteiger partial charge in [0.1, 0.15) is 0 Å². The van der Waals surface area contributed by atoms with Crippen LogP contribution < -0.4 is 5.32 Å². The minimum Gasteiger partial charge on any atom is -0.461 e. The molecule has 0 aromatic carbocycles. The predicted octanol–water partition coefficient (Wildman–Crippen LogP) is 3.14. The Hall–Kier alpha value is -1.68. The van der Waals surface area contributed by atoms with Crippen molar-refractivity contribution in [1.82, 2.24) is 15.3 Å². The second kappa shape index (κ2) is 6.66. The third-order valence-electron chi connectivity index (χ3n) is 3.46. The average Bonchev–Trinajstić information content (AvgIpc) is 2.94. The largest absolute Gasteiger partial charge is 0.461 e. The zero-order valence-corrected chi connectivity index (χ0v) is 12.7. The Labute approximate surface area is 120 Å². The second-order valence-corrected chi connectivity index (χ2v) is 5.29. The van der Waals surface area contributed by atoms with Crippen molar-refractivity contribution in [3.63, 3.8) is 0 Å². The molecule has 108 valence electrons. The molecule has 20 heavy (non-hydrogen) atoms. The summed E-state index contributed by atoms with van der Waals surface area (Å²) in [5.74, 6) is 1.97. The zero-order chi connectivity index (χ0) is 14.5. The van der Waals surface area contributed by atoms with Gasteiger partial charge >= 0.3 is 0 Å². The van der Waals surface area contributed by atoms with Crippen molar-refractivity contribution < 1.29 is 4.42 Å². The van der Waals surface area contributed by atoms with Gasteiger partial charge in [-0.25, -0.2) is 9.97 Å². The van der Waals surface area contributed by atoms with E-state index < -0.39 is 0 Å². The number of nitrogens with one attached hydrogen (secondary N) is 1. The smallest absolute Gasteiger partial charge is 0.196 e. The molecular weight excluding hydrogens is 250 g/mol. The van der Waals surface area contributed by atoms with Crippen LogP contribution in [0.25, 0.3) is 11.6 Å². The molecule has 4 heteroatoms. The van der Waals surface area contributed by atoms with Gasteiger partial charge in [0, 0.05) is 11.4 Å². The quantitative estimate of drug-likeness (QED) is 0.878. The fraction of sp³-hybridized carbons (Fsp3) is 0.500. The fourth-order valence-corrected chi connectivity index (χ4v) is 2.36. The summed E-state index contributed by atoms with van der Waals surface area (Å²) in [5.41, 5.74) is 3.35. The van der Waals surface area contributed by atoms with Crippen LogP contribution >= 0.6 is 0 Å². The minimum atomic E-state index is 0.574. The topological polar surface area (TPSA) is 51.0 Å². The van der Waals surface area contributed by atoms with Crippen LogP contribution in [0.3, 0.4) is 0 Å². The molecule has 0 radical (unpaired) electrons. The van der Waals surface area contributed by atoms with E-state index in [2.05, 4.69) is 43.0 Å². The molecule has 2 heterocycles. The summed E-state index contributed by atoms with van der Waals surface area (Å²) in [6, 6.07) is 3.75. The van der Waals surface area contributed by atoms with E-state index in [-0.39, 0.29) is 0 Å². The van der Waals surface area contributed by atoms with E-state index in [1.807, 2.05) is 12.1 Å². The molecule has 0 aliphatic heterocycles. The number of hydrogen-bond donors (Lipinski definition) is 1. The molecule has 0 fully saturated rings. The van der Waals surface area contributed by atoms with Crippen LogP contribution in [0.4, 0.5) is 0 Å². The van der Waals surface area contributed by atoms with E-state index in [9.17, 15) is 0 Å². The first-order chi connectivity index (χ1) is 9.61. The van der Waals surface area contributed by atoms with Crippen LogP contribution in [0.5, 0.6) is 0 Å². The minimum absolute atomic E-state index is 0.574. The summed E-state index contributed by atoms with van der Waals surface area (Å²) in [6.07, 6.45) is 2.65. The summed E-state index contributed by atoms with van der Waals surface area (Å²) in [7, 11) is 0.